The fourth-order valence-electron chi connectivity index (χ4n) is 1.84. The molecule has 6 nitrogen and oxygen atoms in total. The number of nitro groups is 1. The zero-order valence-corrected chi connectivity index (χ0v) is 10.3. The number of amides is 1. The number of nitrogens with zero attached hydrogens (tertiary/aromatic N) is 2. The molecule has 0 saturated carbocycles. The van der Waals surface area contributed by atoms with Crippen LogP contribution in [0.3, 0.4) is 0 Å². The largest absolute Gasteiger partial charge is 0.378 e. The van der Waals surface area contributed by atoms with Crippen LogP contribution < -0.4 is 0 Å². The summed E-state index contributed by atoms with van der Waals surface area (Å²) in [6, 6.07) is 6.32. The number of hydrogen-bond donors (Lipinski definition) is 0. The van der Waals surface area contributed by atoms with E-state index in [2.05, 4.69) is 0 Å². The molecule has 0 atom stereocenters. The Bertz CT molecular complexity index is 507. The van der Waals surface area contributed by atoms with Crippen molar-refractivity contribution in [3.8, 4) is 0 Å². The molecule has 0 N–H and O–H groups in total. The SMILES string of the molecule is O=C(/C=C\c1ccccc1[N+](=O)[O-])N1CCOCC1. The molecule has 1 aliphatic rings. The predicted octanol–water partition coefficient (Wildman–Crippen LogP) is 1.47. The van der Waals surface area contributed by atoms with Gasteiger partial charge in [0.05, 0.1) is 23.7 Å². The van der Waals surface area contributed by atoms with Gasteiger partial charge in [0.25, 0.3) is 5.69 Å². The smallest absolute Gasteiger partial charge is 0.276 e. The van der Waals surface area contributed by atoms with Crippen molar-refractivity contribution in [3.05, 3.63) is 46.0 Å². The highest BCUT2D eigenvalue weighted by atomic mass is 16.6. The summed E-state index contributed by atoms with van der Waals surface area (Å²) < 4.78 is 5.16. The molecule has 6 heteroatoms. The molecule has 1 heterocycles. The quantitative estimate of drug-likeness (QED) is 0.469. The average molecular weight is 262 g/mol. The van der Waals surface area contributed by atoms with E-state index in [0.717, 1.165) is 0 Å². The van der Waals surface area contributed by atoms with Crippen LogP contribution in [0.15, 0.2) is 30.3 Å². The molecule has 1 fully saturated rings. The van der Waals surface area contributed by atoms with Gasteiger partial charge in [-0.2, -0.15) is 0 Å². The highest BCUT2D eigenvalue weighted by molar-refractivity contribution is 5.92. The first-order valence-corrected chi connectivity index (χ1v) is 5.96. The second kappa shape index (κ2) is 6.10. The lowest BCUT2D eigenvalue weighted by Gasteiger charge is -2.25. The number of para-hydroxylation sites is 1. The molecule has 1 saturated heterocycles. The van der Waals surface area contributed by atoms with E-state index in [9.17, 15) is 14.9 Å². The molecule has 0 spiro atoms. The molecule has 19 heavy (non-hydrogen) atoms. The summed E-state index contributed by atoms with van der Waals surface area (Å²) in [6.07, 6.45) is 2.85. The van der Waals surface area contributed by atoms with Crippen molar-refractivity contribution in [2.75, 3.05) is 26.3 Å². The third-order valence-corrected chi connectivity index (χ3v) is 2.86. The zero-order chi connectivity index (χ0) is 13.7. The van der Waals surface area contributed by atoms with E-state index >= 15 is 0 Å². The van der Waals surface area contributed by atoms with Gasteiger partial charge in [0.1, 0.15) is 0 Å². The molecule has 1 aromatic rings. The van der Waals surface area contributed by atoms with Crippen molar-refractivity contribution < 1.29 is 14.5 Å². The zero-order valence-electron chi connectivity index (χ0n) is 10.3. The van der Waals surface area contributed by atoms with Gasteiger partial charge >= 0.3 is 0 Å². The van der Waals surface area contributed by atoms with Gasteiger partial charge in [-0.1, -0.05) is 12.1 Å². The summed E-state index contributed by atoms with van der Waals surface area (Å²) in [7, 11) is 0. The van der Waals surface area contributed by atoms with Crippen LogP contribution in [0.4, 0.5) is 5.69 Å². The molecule has 1 aromatic carbocycles. The standard InChI is InChI=1S/C13H14N2O4/c16-13(14-7-9-19-10-8-14)6-5-11-3-1-2-4-12(11)15(17)18/h1-6H,7-10H2/b6-5-. The van der Waals surface area contributed by atoms with Gasteiger partial charge in [0.15, 0.2) is 0 Å². The number of benzene rings is 1. The van der Waals surface area contributed by atoms with Crippen LogP contribution in [0, 0.1) is 10.1 Å². The third kappa shape index (κ3) is 3.38. The highest BCUT2D eigenvalue weighted by Gasteiger charge is 2.15. The first kappa shape index (κ1) is 13.2. The maximum atomic E-state index is 11.9. The summed E-state index contributed by atoms with van der Waals surface area (Å²) in [5.74, 6) is -0.151. The van der Waals surface area contributed by atoms with E-state index in [1.165, 1.54) is 18.2 Å². The van der Waals surface area contributed by atoms with Crippen LogP contribution in [0.2, 0.25) is 0 Å². The monoisotopic (exact) mass is 262 g/mol. The number of rotatable bonds is 3. The van der Waals surface area contributed by atoms with Gasteiger partial charge in [-0.25, -0.2) is 0 Å². The number of nitro benzene ring substituents is 1. The van der Waals surface area contributed by atoms with Crippen LogP contribution in [-0.4, -0.2) is 42.0 Å². The molecule has 0 aromatic heterocycles. The molecule has 0 unspecified atom stereocenters. The van der Waals surface area contributed by atoms with Crippen LogP contribution in [-0.2, 0) is 9.53 Å². The molecular weight excluding hydrogens is 248 g/mol. The van der Waals surface area contributed by atoms with E-state index in [1.807, 2.05) is 0 Å². The van der Waals surface area contributed by atoms with Gasteiger partial charge in [-0.15, -0.1) is 0 Å². The van der Waals surface area contributed by atoms with Gasteiger partial charge in [0.2, 0.25) is 5.91 Å². The maximum Gasteiger partial charge on any atom is 0.276 e. The topological polar surface area (TPSA) is 72.7 Å². The Morgan fingerprint density at radius 1 is 1.32 bits per heavy atom. The highest BCUT2D eigenvalue weighted by Crippen LogP contribution is 2.19. The second-order valence-corrected chi connectivity index (χ2v) is 4.09. The Kier molecular flexibility index (Phi) is 4.25. The summed E-state index contributed by atoms with van der Waals surface area (Å²) in [5.41, 5.74) is 0.419. The molecule has 1 amide bonds. The summed E-state index contributed by atoms with van der Waals surface area (Å²) in [6.45, 7) is 2.18. The van der Waals surface area contributed by atoms with E-state index in [0.29, 0.717) is 31.9 Å². The molecule has 2 rings (SSSR count). The Balaban J connectivity index is 2.09. The van der Waals surface area contributed by atoms with Gasteiger partial charge in [0, 0.05) is 25.2 Å². The second-order valence-electron chi connectivity index (χ2n) is 4.09. The first-order valence-electron chi connectivity index (χ1n) is 5.96. The normalized spacial score (nSPS) is 15.7. The third-order valence-electron chi connectivity index (χ3n) is 2.86. The Hall–Kier alpha value is -2.21. The van der Waals surface area contributed by atoms with E-state index in [1.54, 1.807) is 23.1 Å². The number of ether oxygens (including phenoxy) is 1. The first-order chi connectivity index (χ1) is 9.18. The van der Waals surface area contributed by atoms with Gasteiger partial charge in [-0.3, -0.25) is 14.9 Å². The van der Waals surface area contributed by atoms with Gasteiger partial charge in [-0.05, 0) is 12.1 Å². The number of carbonyl (C=O) groups excluding carboxylic acids is 1. The van der Waals surface area contributed by atoms with Gasteiger partial charge < -0.3 is 9.64 Å². The summed E-state index contributed by atoms with van der Waals surface area (Å²) >= 11 is 0. The van der Waals surface area contributed by atoms with Crippen LogP contribution in [0.1, 0.15) is 5.56 Å². The number of carbonyl (C=O) groups is 1. The van der Waals surface area contributed by atoms with Crippen LogP contribution in [0.25, 0.3) is 6.08 Å². The minimum atomic E-state index is -0.459. The van der Waals surface area contributed by atoms with Crippen molar-refractivity contribution in [1.29, 1.82) is 0 Å². The van der Waals surface area contributed by atoms with E-state index < -0.39 is 4.92 Å². The molecule has 0 aliphatic carbocycles. The average Bonchev–Trinajstić information content (AvgIpc) is 2.46. The lowest BCUT2D eigenvalue weighted by atomic mass is 10.1. The van der Waals surface area contributed by atoms with E-state index in [-0.39, 0.29) is 11.6 Å². The number of morpholine rings is 1. The fraction of sp³-hybridized carbons (Fsp3) is 0.308. The van der Waals surface area contributed by atoms with Crippen molar-refractivity contribution in [2.45, 2.75) is 0 Å². The minimum Gasteiger partial charge on any atom is -0.378 e. The summed E-state index contributed by atoms with van der Waals surface area (Å²) in [5, 5.41) is 10.8. The van der Waals surface area contributed by atoms with Crippen molar-refractivity contribution in [2.24, 2.45) is 0 Å². The van der Waals surface area contributed by atoms with Crippen LogP contribution in [0.5, 0.6) is 0 Å². The van der Waals surface area contributed by atoms with Crippen molar-refractivity contribution in [1.82, 2.24) is 4.90 Å². The fourth-order valence-corrected chi connectivity index (χ4v) is 1.84. The van der Waals surface area contributed by atoms with Crippen molar-refractivity contribution in [3.63, 3.8) is 0 Å². The molecule has 100 valence electrons. The predicted molar refractivity (Wildman–Crippen MR) is 69.5 cm³/mol. The molecular formula is C13H14N2O4. The Labute approximate surface area is 110 Å². The molecule has 0 radical (unpaired) electrons. The summed E-state index contributed by atoms with van der Waals surface area (Å²) in [4.78, 5) is 23.9. The molecule has 1 aliphatic heterocycles. The molecule has 0 bridgehead atoms. The van der Waals surface area contributed by atoms with Crippen molar-refractivity contribution >= 4 is 17.7 Å². The van der Waals surface area contributed by atoms with Crippen LogP contribution >= 0.6 is 0 Å². The maximum absolute atomic E-state index is 11.9. The number of hydrogen-bond acceptors (Lipinski definition) is 4. The Morgan fingerprint density at radius 2 is 2.00 bits per heavy atom. The Morgan fingerprint density at radius 3 is 2.68 bits per heavy atom. The minimum absolute atomic E-state index is 0.00599. The lowest BCUT2D eigenvalue weighted by Crippen LogP contribution is -2.39. The van der Waals surface area contributed by atoms with E-state index in [4.69, 9.17) is 4.74 Å². The lowest BCUT2D eigenvalue weighted by molar-refractivity contribution is -0.385.